The van der Waals surface area contributed by atoms with Crippen LogP contribution >= 0.6 is 0 Å². The lowest BCUT2D eigenvalue weighted by Gasteiger charge is -2.11. The van der Waals surface area contributed by atoms with E-state index in [2.05, 4.69) is 10.6 Å². The van der Waals surface area contributed by atoms with Crippen LogP contribution in [0.15, 0.2) is 18.2 Å². The van der Waals surface area contributed by atoms with Crippen LogP contribution in [0, 0.1) is 10.1 Å². The molecule has 0 aliphatic heterocycles. The number of nitro benzene ring substituents is 1. The number of carbonyl (C=O) groups is 1. The lowest BCUT2D eigenvalue weighted by atomic mass is 10.1. The van der Waals surface area contributed by atoms with Gasteiger partial charge in [0.05, 0.1) is 18.0 Å². The van der Waals surface area contributed by atoms with E-state index in [-0.39, 0.29) is 24.6 Å². The fourth-order valence-corrected chi connectivity index (χ4v) is 1.69. The Morgan fingerprint density at radius 1 is 1.45 bits per heavy atom. The van der Waals surface area contributed by atoms with Gasteiger partial charge < -0.3 is 15.4 Å². The van der Waals surface area contributed by atoms with Gasteiger partial charge in [0, 0.05) is 30.8 Å². The molecule has 1 aromatic rings. The summed E-state index contributed by atoms with van der Waals surface area (Å²) in [4.78, 5) is 21.6. The highest BCUT2D eigenvalue weighted by molar-refractivity contribution is 5.75. The second-order valence-electron chi connectivity index (χ2n) is 4.13. The van der Waals surface area contributed by atoms with Crippen molar-refractivity contribution < 1.29 is 14.5 Å². The van der Waals surface area contributed by atoms with Crippen molar-refractivity contribution in [3.05, 3.63) is 33.9 Å². The Morgan fingerprint density at radius 2 is 2.20 bits per heavy atom. The molecule has 7 heteroatoms. The van der Waals surface area contributed by atoms with Crippen LogP contribution in [-0.4, -0.2) is 31.0 Å². The van der Waals surface area contributed by atoms with Crippen LogP contribution in [0.5, 0.6) is 5.75 Å². The maximum Gasteiger partial charge on any atom is 0.270 e. The molecule has 0 aliphatic carbocycles. The summed E-state index contributed by atoms with van der Waals surface area (Å²) in [5, 5.41) is 16.3. The smallest absolute Gasteiger partial charge is 0.270 e. The number of hydrogen-bond acceptors (Lipinski definition) is 5. The molecule has 0 aliphatic rings. The molecule has 1 aromatic carbocycles. The first-order valence-corrected chi connectivity index (χ1v) is 6.40. The van der Waals surface area contributed by atoms with E-state index in [1.807, 2.05) is 6.92 Å². The van der Waals surface area contributed by atoms with Gasteiger partial charge in [0.25, 0.3) is 5.69 Å². The lowest BCUT2D eigenvalue weighted by molar-refractivity contribution is -0.384. The first kappa shape index (κ1) is 15.9. The summed E-state index contributed by atoms with van der Waals surface area (Å²) in [5.74, 6) is 0.471. The molecular formula is C13H19N3O4. The minimum Gasteiger partial charge on any atom is -0.493 e. The predicted octanol–water partition coefficient (Wildman–Crippen LogP) is 1.22. The molecule has 1 rings (SSSR count). The minimum absolute atomic E-state index is 0.0197. The zero-order valence-electron chi connectivity index (χ0n) is 11.6. The van der Waals surface area contributed by atoms with E-state index in [0.29, 0.717) is 24.4 Å². The largest absolute Gasteiger partial charge is 0.493 e. The van der Waals surface area contributed by atoms with Crippen molar-refractivity contribution in [3.63, 3.8) is 0 Å². The van der Waals surface area contributed by atoms with Gasteiger partial charge >= 0.3 is 0 Å². The third kappa shape index (κ3) is 4.85. The van der Waals surface area contributed by atoms with Crippen molar-refractivity contribution in [2.45, 2.75) is 19.9 Å². The molecule has 0 bridgehead atoms. The summed E-state index contributed by atoms with van der Waals surface area (Å²) in [6.45, 7) is 3.13. The molecule has 0 atom stereocenters. The summed E-state index contributed by atoms with van der Waals surface area (Å²) >= 11 is 0. The lowest BCUT2D eigenvalue weighted by Crippen LogP contribution is -2.24. The fourth-order valence-electron chi connectivity index (χ4n) is 1.69. The van der Waals surface area contributed by atoms with Gasteiger partial charge in [0.1, 0.15) is 5.75 Å². The van der Waals surface area contributed by atoms with Gasteiger partial charge in [-0.2, -0.15) is 0 Å². The van der Waals surface area contributed by atoms with Gasteiger partial charge in [-0.1, -0.05) is 0 Å². The highest BCUT2D eigenvalue weighted by atomic mass is 16.6. The van der Waals surface area contributed by atoms with Gasteiger partial charge in [-0.25, -0.2) is 0 Å². The molecule has 7 nitrogen and oxygen atoms in total. The zero-order valence-corrected chi connectivity index (χ0v) is 11.6. The molecule has 0 saturated carbocycles. The number of hydrogen-bond donors (Lipinski definition) is 2. The van der Waals surface area contributed by atoms with Crippen LogP contribution in [0.25, 0.3) is 0 Å². The first-order valence-electron chi connectivity index (χ1n) is 6.40. The highest BCUT2D eigenvalue weighted by Crippen LogP contribution is 2.24. The molecular weight excluding hydrogens is 262 g/mol. The van der Waals surface area contributed by atoms with Crippen molar-refractivity contribution in [1.82, 2.24) is 10.6 Å². The Labute approximate surface area is 117 Å². The first-order chi connectivity index (χ1) is 9.58. The second-order valence-corrected chi connectivity index (χ2v) is 4.13. The number of nitro groups is 1. The highest BCUT2D eigenvalue weighted by Gasteiger charge is 2.11. The van der Waals surface area contributed by atoms with Crippen LogP contribution in [0.4, 0.5) is 5.69 Å². The third-order valence-corrected chi connectivity index (χ3v) is 2.58. The molecule has 0 heterocycles. The molecule has 1 amide bonds. The average Bonchev–Trinajstić information content (AvgIpc) is 2.40. The molecule has 0 radical (unpaired) electrons. The van der Waals surface area contributed by atoms with Gasteiger partial charge in [-0.05, 0) is 20.0 Å². The van der Waals surface area contributed by atoms with Gasteiger partial charge in [0.2, 0.25) is 5.91 Å². The van der Waals surface area contributed by atoms with E-state index in [9.17, 15) is 14.9 Å². The van der Waals surface area contributed by atoms with E-state index < -0.39 is 4.92 Å². The Hall–Kier alpha value is -2.15. The topological polar surface area (TPSA) is 93.5 Å². The molecule has 0 unspecified atom stereocenters. The number of benzene rings is 1. The van der Waals surface area contributed by atoms with Gasteiger partial charge in [-0.15, -0.1) is 0 Å². The molecule has 2 N–H and O–H groups in total. The number of non-ortho nitro benzene ring substituents is 1. The average molecular weight is 281 g/mol. The Bertz CT molecular complexity index is 477. The van der Waals surface area contributed by atoms with E-state index >= 15 is 0 Å². The Balaban J connectivity index is 2.68. The zero-order chi connectivity index (χ0) is 15.0. The summed E-state index contributed by atoms with van der Waals surface area (Å²) < 4.78 is 5.52. The van der Waals surface area contributed by atoms with Crippen LogP contribution in [0.1, 0.15) is 18.9 Å². The van der Waals surface area contributed by atoms with E-state index in [1.165, 1.54) is 12.1 Å². The monoisotopic (exact) mass is 281 g/mol. The van der Waals surface area contributed by atoms with Crippen molar-refractivity contribution in [1.29, 1.82) is 0 Å². The van der Waals surface area contributed by atoms with Crippen molar-refractivity contribution in [2.75, 3.05) is 20.2 Å². The summed E-state index contributed by atoms with van der Waals surface area (Å²) in [6, 6.07) is 4.42. The maximum absolute atomic E-state index is 11.3. The molecule has 0 fully saturated rings. The quantitative estimate of drug-likeness (QED) is 0.552. The number of carbonyl (C=O) groups excluding carboxylic acids is 1. The third-order valence-electron chi connectivity index (χ3n) is 2.58. The van der Waals surface area contributed by atoms with Crippen LogP contribution < -0.4 is 15.4 Å². The van der Waals surface area contributed by atoms with E-state index in [1.54, 1.807) is 13.1 Å². The van der Waals surface area contributed by atoms with E-state index in [4.69, 9.17) is 4.74 Å². The standard InChI is InChI=1S/C13H19N3O4/c1-3-15-13(17)6-7-20-12-5-4-11(16(18)19)8-10(12)9-14-2/h4-5,8,14H,3,6-7,9H2,1-2H3,(H,15,17). The minimum atomic E-state index is -0.447. The maximum atomic E-state index is 11.3. The van der Waals surface area contributed by atoms with Crippen molar-refractivity contribution in [2.24, 2.45) is 0 Å². The van der Waals surface area contributed by atoms with Crippen molar-refractivity contribution >= 4 is 11.6 Å². The molecule has 0 saturated heterocycles. The number of rotatable bonds is 8. The van der Waals surface area contributed by atoms with Gasteiger partial charge in [-0.3, -0.25) is 14.9 Å². The Morgan fingerprint density at radius 3 is 2.80 bits per heavy atom. The van der Waals surface area contributed by atoms with Crippen LogP contribution in [0.3, 0.4) is 0 Å². The Kier molecular flexibility index (Phi) is 6.45. The molecule has 0 aromatic heterocycles. The number of nitrogens with zero attached hydrogens (tertiary/aromatic N) is 1. The van der Waals surface area contributed by atoms with Gasteiger partial charge in [0.15, 0.2) is 0 Å². The normalized spacial score (nSPS) is 10.1. The summed E-state index contributed by atoms with van der Waals surface area (Å²) in [7, 11) is 1.75. The molecule has 110 valence electrons. The number of amides is 1. The summed E-state index contributed by atoms with van der Waals surface area (Å²) in [6.07, 6.45) is 0.254. The SMILES string of the molecule is CCNC(=O)CCOc1ccc([N+](=O)[O-])cc1CNC. The molecule has 0 spiro atoms. The second kappa shape index (κ2) is 8.11. The van der Waals surface area contributed by atoms with Crippen molar-refractivity contribution in [3.8, 4) is 5.75 Å². The summed E-state index contributed by atoms with van der Waals surface area (Å²) in [5.41, 5.74) is 0.712. The van der Waals surface area contributed by atoms with Crippen LogP contribution in [-0.2, 0) is 11.3 Å². The number of ether oxygens (including phenoxy) is 1. The van der Waals surface area contributed by atoms with Crippen LogP contribution in [0.2, 0.25) is 0 Å². The number of nitrogens with one attached hydrogen (secondary N) is 2. The fraction of sp³-hybridized carbons (Fsp3) is 0.462. The van der Waals surface area contributed by atoms with E-state index in [0.717, 1.165) is 0 Å². The molecule has 20 heavy (non-hydrogen) atoms. The predicted molar refractivity (Wildman–Crippen MR) is 74.7 cm³/mol.